The number of nitrogens with zero attached hydrogens (tertiary/aromatic N) is 1. The van der Waals surface area contributed by atoms with Gasteiger partial charge in [0.25, 0.3) is 0 Å². The molecule has 2 aromatic rings. The molecule has 2 N–H and O–H groups in total. The van der Waals surface area contributed by atoms with Crippen LogP contribution in [0.1, 0.15) is 30.1 Å². The van der Waals surface area contributed by atoms with E-state index in [9.17, 15) is 10.2 Å². The van der Waals surface area contributed by atoms with Crippen molar-refractivity contribution in [2.75, 3.05) is 19.6 Å². The summed E-state index contributed by atoms with van der Waals surface area (Å²) >= 11 is 0. The second-order valence-electron chi connectivity index (χ2n) is 7.87. The van der Waals surface area contributed by atoms with E-state index in [2.05, 4.69) is 35.2 Å². The number of hydrogen-bond acceptors (Lipinski definition) is 3. The van der Waals surface area contributed by atoms with E-state index < -0.39 is 6.10 Å². The van der Waals surface area contributed by atoms with Crippen molar-refractivity contribution in [3.63, 3.8) is 0 Å². The van der Waals surface area contributed by atoms with Crippen molar-refractivity contribution < 1.29 is 10.2 Å². The highest BCUT2D eigenvalue weighted by Crippen LogP contribution is 2.43. The summed E-state index contributed by atoms with van der Waals surface area (Å²) in [5.41, 5.74) is 2.35. The molecule has 0 spiro atoms. The summed E-state index contributed by atoms with van der Waals surface area (Å²) in [4.78, 5) is 2.42. The van der Waals surface area contributed by atoms with Crippen molar-refractivity contribution in [2.45, 2.75) is 25.4 Å². The minimum atomic E-state index is -0.473. The lowest BCUT2D eigenvalue weighted by Crippen LogP contribution is -2.28. The first-order chi connectivity index (χ1) is 12.2. The summed E-state index contributed by atoms with van der Waals surface area (Å²) in [6, 6.07) is 17.8. The summed E-state index contributed by atoms with van der Waals surface area (Å²) in [7, 11) is 0. The Bertz CT molecular complexity index is 671. The molecule has 3 heteroatoms. The van der Waals surface area contributed by atoms with E-state index in [4.69, 9.17) is 0 Å². The molecular weight excluding hydrogens is 310 g/mol. The predicted octanol–water partition coefficient (Wildman–Crippen LogP) is 3.63. The number of phenols is 1. The van der Waals surface area contributed by atoms with Gasteiger partial charge in [-0.2, -0.15) is 0 Å². The zero-order valence-electron chi connectivity index (χ0n) is 14.6. The van der Waals surface area contributed by atoms with Crippen molar-refractivity contribution in [3.8, 4) is 5.75 Å². The van der Waals surface area contributed by atoms with Crippen LogP contribution in [-0.2, 0) is 6.42 Å². The normalized spacial score (nSPS) is 25.2. The average molecular weight is 337 g/mol. The minimum absolute atomic E-state index is 0.246. The first kappa shape index (κ1) is 16.6. The first-order valence-corrected chi connectivity index (χ1v) is 9.40. The largest absolute Gasteiger partial charge is 0.508 e. The van der Waals surface area contributed by atoms with Crippen molar-refractivity contribution in [2.24, 2.45) is 17.8 Å². The van der Waals surface area contributed by atoms with Gasteiger partial charge in [0.2, 0.25) is 0 Å². The molecule has 2 aromatic carbocycles. The topological polar surface area (TPSA) is 43.7 Å². The van der Waals surface area contributed by atoms with E-state index >= 15 is 0 Å². The van der Waals surface area contributed by atoms with Crippen molar-refractivity contribution in [3.05, 3.63) is 65.7 Å². The Balaban J connectivity index is 1.28. The first-order valence-electron chi connectivity index (χ1n) is 9.40. The van der Waals surface area contributed by atoms with E-state index in [1.165, 1.54) is 24.8 Å². The lowest BCUT2D eigenvalue weighted by Gasteiger charge is -2.22. The Hall–Kier alpha value is -1.84. The number of rotatable bonds is 5. The van der Waals surface area contributed by atoms with E-state index in [-0.39, 0.29) is 5.75 Å². The second-order valence-corrected chi connectivity index (χ2v) is 7.87. The van der Waals surface area contributed by atoms with Crippen LogP contribution in [0.25, 0.3) is 0 Å². The predicted molar refractivity (Wildman–Crippen MR) is 99.4 cm³/mol. The van der Waals surface area contributed by atoms with Gasteiger partial charge in [-0.3, -0.25) is 4.90 Å². The quantitative estimate of drug-likeness (QED) is 0.876. The molecular formula is C22H27NO2. The highest BCUT2D eigenvalue weighted by molar-refractivity contribution is 5.27. The van der Waals surface area contributed by atoms with Gasteiger partial charge in [-0.25, -0.2) is 0 Å². The summed E-state index contributed by atoms with van der Waals surface area (Å²) in [6.45, 7) is 2.93. The number of phenolic OH excluding ortho intramolecular Hbond substituents is 1. The van der Waals surface area contributed by atoms with E-state index in [1.807, 2.05) is 12.1 Å². The number of fused-ring (bicyclic) bond motifs is 1. The van der Waals surface area contributed by atoms with E-state index in [1.54, 1.807) is 12.1 Å². The van der Waals surface area contributed by atoms with Crippen LogP contribution in [0, 0.1) is 17.8 Å². The molecule has 25 heavy (non-hydrogen) atoms. The number of aliphatic hydroxyl groups is 1. The van der Waals surface area contributed by atoms with Gasteiger partial charge in [0.05, 0.1) is 6.10 Å². The van der Waals surface area contributed by atoms with Gasteiger partial charge in [0, 0.05) is 19.6 Å². The summed E-state index contributed by atoms with van der Waals surface area (Å²) < 4.78 is 0. The second kappa shape index (κ2) is 7.19. The molecule has 132 valence electrons. The van der Waals surface area contributed by atoms with Crippen LogP contribution >= 0.6 is 0 Å². The summed E-state index contributed by atoms with van der Waals surface area (Å²) in [5, 5.41) is 19.8. The molecule has 0 amide bonds. The highest BCUT2D eigenvalue weighted by Gasteiger charge is 2.40. The van der Waals surface area contributed by atoms with Crippen molar-refractivity contribution in [1.82, 2.24) is 4.90 Å². The maximum Gasteiger partial charge on any atom is 0.115 e. The van der Waals surface area contributed by atoms with Crippen LogP contribution in [-0.4, -0.2) is 34.7 Å². The number of aliphatic hydroxyl groups excluding tert-OH is 1. The highest BCUT2D eigenvalue weighted by atomic mass is 16.3. The molecule has 1 saturated heterocycles. The van der Waals surface area contributed by atoms with Crippen LogP contribution in [0.15, 0.2) is 54.6 Å². The molecule has 3 nitrogen and oxygen atoms in total. The van der Waals surface area contributed by atoms with Crippen LogP contribution in [0.5, 0.6) is 5.75 Å². The average Bonchev–Trinajstić information content (AvgIpc) is 3.14. The lowest BCUT2D eigenvalue weighted by atomic mass is 9.96. The zero-order valence-corrected chi connectivity index (χ0v) is 14.6. The SMILES string of the molecule is Oc1ccc(C(O)CN2C[C@@H]3CC(Cc4ccccc4)C[C@H]3C2)cc1. The van der Waals surface area contributed by atoms with Crippen LogP contribution < -0.4 is 0 Å². The lowest BCUT2D eigenvalue weighted by molar-refractivity contribution is 0.120. The maximum atomic E-state index is 10.5. The third-order valence-corrected chi connectivity index (χ3v) is 6.00. The van der Waals surface area contributed by atoms with Gasteiger partial charge in [-0.15, -0.1) is 0 Å². The standard InChI is InChI=1S/C22H27NO2/c24-21-8-6-18(7-9-21)22(25)15-23-13-19-11-17(12-20(19)14-23)10-16-4-2-1-3-5-16/h1-9,17,19-20,22,24-25H,10-15H2/t19-,20-,22?/m0/s1. The van der Waals surface area contributed by atoms with Crippen LogP contribution in [0.4, 0.5) is 0 Å². The number of hydrogen-bond donors (Lipinski definition) is 2. The summed E-state index contributed by atoms with van der Waals surface area (Å²) in [5.74, 6) is 2.65. The molecule has 1 unspecified atom stereocenters. The zero-order chi connectivity index (χ0) is 17.2. The Labute approximate surface area is 149 Å². The van der Waals surface area contributed by atoms with Gasteiger partial charge in [0.1, 0.15) is 5.75 Å². The number of likely N-dealkylation sites (tertiary alicyclic amines) is 1. The molecule has 1 aliphatic carbocycles. The number of β-amino-alcohol motifs (C(OH)–C–C–N with tert-alkyl or cyclic N) is 1. The molecule has 2 fully saturated rings. The minimum Gasteiger partial charge on any atom is -0.508 e. The Kier molecular flexibility index (Phi) is 4.78. The molecule has 3 atom stereocenters. The fourth-order valence-corrected chi connectivity index (χ4v) is 4.83. The van der Waals surface area contributed by atoms with Crippen LogP contribution in [0.2, 0.25) is 0 Å². The monoisotopic (exact) mass is 337 g/mol. The third kappa shape index (κ3) is 3.88. The summed E-state index contributed by atoms with van der Waals surface area (Å²) in [6.07, 6.45) is 3.39. The Morgan fingerprint density at radius 1 is 0.920 bits per heavy atom. The fraction of sp³-hybridized carbons (Fsp3) is 0.455. The van der Waals surface area contributed by atoms with Gasteiger partial charge in [0.15, 0.2) is 0 Å². The van der Waals surface area contributed by atoms with Crippen molar-refractivity contribution in [1.29, 1.82) is 0 Å². The molecule has 0 aromatic heterocycles. The van der Waals surface area contributed by atoms with Crippen LogP contribution in [0.3, 0.4) is 0 Å². The van der Waals surface area contributed by atoms with E-state index in [0.717, 1.165) is 36.4 Å². The van der Waals surface area contributed by atoms with E-state index in [0.29, 0.717) is 6.54 Å². The molecule has 4 rings (SSSR count). The fourth-order valence-electron chi connectivity index (χ4n) is 4.83. The molecule has 0 radical (unpaired) electrons. The number of benzene rings is 2. The Morgan fingerprint density at radius 3 is 2.20 bits per heavy atom. The molecule has 1 aliphatic heterocycles. The molecule has 0 bridgehead atoms. The van der Waals surface area contributed by atoms with Gasteiger partial charge in [-0.05, 0) is 60.3 Å². The van der Waals surface area contributed by atoms with Gasteiger partial charge < -0.3 is 10.2 Å². The molecule has 1 saturated carbocycles. The van der Waals surface area contributed by atoms with Gasteiger partial charge in [-0.1, -0.05) is 42.5 Å². The number of aromatic hydroxyl groups is 1. The molecule has 2 aliphatic rings. The molecule has 1 heterocycles. The van der Waals surface area contributed by atoms with Crippen molar-refractivity contribution >= 4 is 0 Å². The van der Waals surface area contributed by atoms with Gasteiger partial charge >= 0.3 is 0 Å². The smallest absolute Gasteiger partial charge is 0.115 e. The Morgan fingerprint density at radius 2 is 1.56 bits per heavy atom. The third-order valence-electron chi connectivity index (χ3n) is 6.00. The maximum absolute atomic E-state index is 10.5.